The van der Waals surface area contributed by atoms with Crippen molar-refractivity contribution in [1.29, 1.82) is 0 Å². The minimum atomic E-state index is -0.860. The quantitative estimate of drug-likeness (QED) is 0.310. The number of furan rings is 1. The van der Waals surface area contributed by atoms with E-state index in [1.54, 1.807) is 49.4 Å². The van der Waals surface area contributed by atoms with Crippen LogP contribution in [0.3, 0.4) is 0 Å². The second kappa shape index (κ2) is 7.61. The Bertz CT molecular complexity index is 1190. The van der Waals surface area contributed by atoms with Gasteiger partial charge in [0.2, 0.25) is 0 Å². The topological polar surface area (TPSA) is 70.8 Å². The molecular formula is C24H20BrNO4. The molecule has 5 nitrogen and oxygen atoms in total. The Morgan fingerprint density at radius 1 is 0.967 bits per heavy atom. The van der Waals surface area contributed by atoms with Crippen LogP contribution in [-0.4, -0.2) is 16.8 Å². The normalized spacial score (nSPS) is 18.3. The zero-order valence-corrected chi connectivity index (χ0v) is 18.4. The monoisotopic (exact) mass is 465 g/mol. The molecule has 1 aliphatic heterocycles. The van der Waals surface area contributed by atoms with E-state index in [-0.39, 0.29) is 11.3 Å². The zero-order valence-electron chi connectivity index (χ0n) is 16.8. The number of halogens is 1. The average Bonchev–Trinajstić information content (AvgIpc) is 3.26. The smallest absolute Gasteiger partial charge is 0.300 e. The van der Waals surface area contributed by atoms with Gasteiger partial charge in [-0.2, -0.15) is 0 Å². The van der Waals surface area contributed by atoms with E-state index in [0.29, 0.717) is 22.8 Å². The van der Waals surface area contributed by atoms with Gasteiger partial charge in [0.05, 0.1) is 5.57 Å². The summed E-state index contributed by atoms with van der Waals surface area (Å²) in [4.78, 5) is 27.5. The Labute approximate surface area is 182 Å². The molecule has 0 aliphatic carbocycles. The number of anilines is 1. The van der Waals surface area contributed by atoms with Crippen molar-refractivity contribution >= 4 is 39.1 Å². The lowest BCUT2D eigenvalue weighted by atomic mass is 9.97. The van der Waals surface area contributed by atoms with Crippen LogP contribution in [0.15, 0.2) is 69.1 Å². The van der Waals surface area contributed by atoms with Gasteiger partial charge >= 0.3 is 0 Å². The molecule has 1 unspecified atom stereocenters. The highest BCUT2D eigenvalue weighted by Crippen LogP contribution is 2.42. The largest absolute Gasteiger partial charge is 0.507 e. The lowest BCUT2D eigenvalue weighted by Gasteiger charge is -2.23. The SMILES string of the molecule is Cc1ccc(C2/C(=C(/O)c3ccc(C)c(C)c3)C(=O)C(=O)N2c2ccc(Br)cc2)o1. The second-order valence-corrected chi connectivity index (χ2v) is 8.31. The van der Waals surface area contributed by atoms with Crippen LogP contribution < -0.4 is 4.90 Å². The molecule has 2 heterocycles. The number of carbonyl (C=O) groups excluding carboxylic acids is 2. The number of ketones is 1. The number of hydrogen-bond acceptors (Lipinski definition) is 4. The lowest BCUT2D eigenvalue weighted by molar-refractivity contribution is -0.132. The molecule has 4 rings (SSSR count). The highest BCUT2D eigenvalue weighted by atomic mass is 79.9. The molecule has 1 fully saturated rings. The Balaban J connectivity index is 1.94. The van der Waals surface area contributed by atoms with Crippen LogP contribution in [0.25, 0.3) is 5.76 Å². The molecule has 1 saturated heterocycles. The van der Waals surface area contributed by atoms with Gasteiger partial charge in [-0.15, -0.1) is 0 Å². The van der Waals surface area contributed by atoms with E-state index in [9.17, 15) is 14.7 Å². The minimum Gasteiger partial charge on any atom is -0.507 e. The number of nitrogens with zero attached hydrogens (tertiary/aromatic N) is 1. The Hall–Kier alpha value is -3.12. The molecule has 30 heavy (non-hydrogen) atoms. The molecule has 0 bridgehead atoms. The molecule has 1 N–H and O–H groups in total. The van der Waals surface area contributed by atoms with Gasteiger partial charge in [-0.05, 0) is 74.4 Å². The molecule has 0 radical (unpaired) electrons. The van der Waals surface area contributed by atoms with Gasteiger partial charge in [0.25, 0.3) is 11.7 Å². The molecule has 1 aromatic heterocycles. The maximum Gasteiger partial charge on any atom is 0.300 e. The van der Waals surface area contributed by atoms with Gasteiger partial charge in [0.15, 0.2) is 0 Å². The Morgan fingerprint density at radius 3 is 2.27 bits per heavy atom. The summed E-state index contributed by atoms with van der Waals surface area (Å²) in [7, 11) is 0. The first-order valence-corrected chi connectivity index (χ1v) is 10.3. The van der Waals surface area contributed by atoms with Crippen molar-refractivity contribution in [3.05, 3.63) is 92.9 Å². The number of rotatable bonds is 3. The van der Waals surface area contributed by atoms with Gasteiger partial charge in [0.1, 0.15) is 23.3 Å². The molecule has 6 heteroatoms. The third-order valence-corrected chi connectivity index (χ3v) is 5.89. The molecule has 2 aromatic carbocycles. The summed E-state index contributed by atoms with van der Waals surface area (Å²) in [5.41, 5.74) is 3.09. The Morgan fingerprint density at radius 2 is 1.67 bits per heavy atom. The van der Waals surface area contributed by atoms with Crippen molar-refractivity contribution in [2.75, 3.05) is 4.90 Å². The van der Waals surface area contributed by atoms with E-state index in [0.717, 1.165) is 15.6 Å². The fourth-order valence-electron chi connectivity index (χ4n) is 3.61. The number of aryl methyl sites for hydroxylation is 3. The summed E-state index contributed by atoms with van der Waals surface area (Å²) in [6.07, 6.45) is 0. The third-order valence-electron chi connectivity index (χ3n) is 5.36. The van der Waals surface area contributed by atoms with Gasteiger partial charge in [0, 0.05) is 15.7 Å². The van der Waals surface area contributed by atoms with E-state index >= 15 is 0 Å². The van der Waals surface area contributed by atoms with Crippen molar-refractivity contribution in [3.8, 4) is 0 Å². The van der Waals surface area contributed by atoms with Crippen LogP contribution in [-0.2, 0) is 9.59 Å². The number of hydrogen-bond donors (Lipinski definition) is 1. The van der Waals surface area contributed by atoms with E-state index in [4.69, 9.17) is 4.42 Å². The molecule has 1 amide bonds. The molecular weight excluding hydrogens is 446 g/mol. The van der Waals surface area contributed by atoms with Crippen LogP contribution in [0.5, 0.6) is 0 Å². The summed E-state index contributed by atoms with van der Waals surface area (Å²) in [5.74, 6) is -0.595. The third kappa shape index (κ3) is 3.37. The van der Waals surface area contributed by atoms with Crippen LogP contribution >= 0.6 is 15.9 Å². The molecule has 152 valence electrons. The molecule has 1 atom stereocenters. The lowest BCUT2D eigenvalue weighted by Crippen LogP contribution is -2.29. The fraction of sp³-hybridized carbons (Fsp3) is 0.167. The number of aliphatic hydroxyl groups excluding tert-OH is 1. The van der Waals surface area contributed by atoms with E-state index in [1.807, 2.05) is 26.0 Å². The molecule has 1 aliphatic rings. The minimum absolute atomic E-state index is 0.0144. The molecule has 3 aromatic rings. The van der Waals surface area contributed by atoms with Gasteiger partial charge in [-0.3, -0.25) is 14.5 Å². The van der Waals surface area contributed by atoms with Gasteiger partial charge < -0.3 is 9.52 Å². The van der Waals surface area contributed by atoms with E-state index in [2.05, 4.69) is 15.9 Å². The summed E-state index contributed by atoms with van der Waals surface area (Å²) >= 11 is 3.38. The average molecular weight is 466 g/mol. The predicted molar refractivity (Wildman–Crippen MR) is 118 cm³/mol. The highest BCUT2D eigenvalue weighted by Gasteiger charge is 2.48. The van der Waals surface area contributed by atoms with Crippen molar-refractivity contribution < 1.29 is 19.1 Å². The summed E-state index contributed by atoms with van der Waals surface area (Å²) in [6, 6.07) is 15.1. The molecule has 0 spiro atoms. The van der Waals surface area contributed by atoms with E-state index in [1.165, 1.54) is 4.90 Å². The van der Waals surface area contributed by atoms with Crippen molar-refractivity contribution in [1.82, 2.24) is 0 Å². The highest BCUT2D eigenvalue weighted by molar-refractivity contribution is 9.10. The maximum absolute atomic E-state index is 13.1. The number of aliphatic hydroxyl groups is 1. The summed E-state index contributed by atoms with van der Waals surface area (Å²) in [5, 5.41) is 11.1. The number of amides is 1. The summed E-state index contributed by atoms with van der Waals surface area (Å²) < 4.78 is 6.65. The first kappa shape index (κ1) is 20.2. The van der Waals surface area contributed by atoms with Crippen molar-refractivity contribution in [2.24, 2.45) is 0 Å². The summed E-state index contributed by atoms with van der Waals surface area (Å²) in [6.45, 7) is 5.69. The van der Waals surface area contributed by atoms with Crippen LogP contribution in [0.2, 0.25) is 0 Å². The van der Waals surface area contributed by atoms with Crippen LogP contribution in [0, 0.1) is 20.8 Å². The van der Waals surface area contributed by atoms with Gasteiger partial charge in [-0.25, -0.2) is 0 Å². The zero-order chi connectivity index (χ0) is 21.6. The Kier molecular flexibility index (Phi) is 5.12. The standard InChI is InChI=1S/C24H20BrNO4/c1-13-4-6-16(12-14(13)2)22(27)20-21(19-11-5-15(3)30-19)26(24(29)23(20)28)18-9-7-17(25)8-10-18/h4-12,21,27H,1-3H3/b22-20-. The van der Waals surface area contributed by atoms with Crippen LogP contribution in [0.4, 0.5) is 5.69 Å². The first-order valence-electron chi connectivity index (χ1n) is 9.48. The maximum atomic E-state index is 13.1. The molecule has 0 saturated carbocycles. The number of carbonyl (C=O) groups is 2. The van der Waals surface area contributed by atoms with Gasteiger partial charge in [-0.1, -0.05) is 28.1 Å². The fourth-order valence-corrected chi connectivity index (χ4v) is 3.88. The predicted octanol–water partition coefficient (Wildman–Crippen LogP) is 5.59. The van der Waals surface area contributed by atoms with Crippen LogP contribution in [0.1, 0.15) is 34.3 Å². The number of benzene rings is 2. The number of Topliss-reactive ketones (excluding diaryl/α,β-unsaturated/α-hetero) is 1. The van der Waals surface area contributed by atoms with Crippen molar-refractivity contribution in [2.45, 2.75) is 26.8 Å². The van der Waals surface area contributed by atoms with Crippen molar-refractivity contribution in [3.63, 3.8) is 0 Å². The first-order chi connectivity index (χ1) is 14.3. The second-order valence-electron chi connectivity index (χ2n) is 7.39. The van der Waals surface area contributed by atoms with E-state index < -0.39 is 17.7 Å².